The van der Waals surface area contributed by atoms with E-state index in [1.54, 1.807) is 0 Å². The number of rotatable bonds is 5. The van der Waals surface area contributed by atoms with Crippen LogP contribution in [-0.4, -0.2) is 34.8 Å². The number of aromatic nitrogens is 2. The van der Waals surface area contributed by atoms with Crippen LogP contribution >= 0.6 is 0 Å². The van der Waals surface area contributed by atoms with E-state index >= 15 is 0 Å². The van der Waals surface area contributed by atoms with Gasteiger partial charge in [0.2, 0.25) is 0 Å². The Morgan fingerprint density at radius 1 is 1.41 bits per heavy atom. The van der Waals surface area contributed by atoms with Crippen LogP contribution < -0.4 is 5.73 Å². The largest absolute Gasteiger partial charge is 0.330 e. The summed E-state index contributed by atoms with van der Waals surface area (Å²) in [5, 5.41) is 4.58. The van der Waals surface area contributed by atoms with Crippen LogP contribution in [0.2, 0.25) is 0 Å². The Hall–Kier alpha value is -0.870. The molecular formula is C13H26N4. The van der Waals surface area contributed by atoms with Crippen molar-refractivity contribution in [2.45, 2.75) is 39.2 Å². The van der Waals surface area contributed by atoms with E-state index < -0.39 is 0 Å². The Morgan fingerprint density at radius 2 is 2.06 bits per heavy atom. The highest BCUT2D eigenvalue weighted by Gasteiger charge is 2.22. The molecule has 98 valence electrons. The molecule has 4 heteroatoms. The summed E-state index contributed by atoms with van der Waals surface area (Å²) in [5.74, 6) is 0. The fraction of sp³-hybridized carbons (Fsp3) is 0.769. The molecular weight excluding hydrogens is 212 g/mol. The molecule has 0 bridgehead atoms. The second kappa shape index (κ2) is 5.65. The molecule has 0 unspecified atom stereocenters. The first kappa shape index (κ1) is 14.2. The van der Waals surface area contributed by atoms with Crippen molar-refractivity contribution in [1.29, 1.82) is 0 Å². The third-order valence-corrected chi connectivity index (χ3v) is 2.80. The van der Waals surface area contributed by atoms with E-state index in [1.807, 2.05) is 11.7 Å². The molecule has 1 heterocycles. The Balaban J connectivity index is 2.77. The van der Waals surface area contributed by atoms with E-state index in [2.05, 4.69) is 44.0 Å². The molecule has 1 aromatic rings. The van der Waals surface area contributed by atoms with Gasteiger partial charge in [-0.05, 0) is 26.6 Å². The Morgan fingerprint density at radius 3 is 2.59 bits per heavy atom. The number of aryl methyl sites for hydroxylation is 1. The predicted molar refractivity (Wildman–Crippen MR) is 71.9 cm³/mol. The van der Waals surface area contributed by atoms with Crippen LogP contribution in [0.5, 0.6) is 0 Å². The molecule has 0 saturated carbocycles. The first-order chi connectivity index (χ1) is 7.84. The molecule has 1 rings (SSSR count). The number of hydrogen-bond donors (Lipinski definition) is 1. The zero-order valence-electron chi connectivity index (χ0n) is 11.8. The van der Waals surface area contributed by atoms with E-state index in [1.165, 1.54) is 11.3 Å². The third kappa shape index (κ3) is 4.13. The van der Waals surface area contributed by atoms with Gasteiger partial charge in [0.05, 0.1) is 5.69 Å². The maximum absolute atomic E-state index is 5.53. The molecule has 4 nitrogen and oxygen atoms in total. The highest BCUT2D eigenvalue weighted by Crippen LogP contribution is 2.24. The van der Waals surface area contributed by atoms with E-state index in [0.29, 0.717) is 0 Å². The van der Waals surface area contributed by atoms with Gasteiger partial charge in [0.25, 0.3) is 0 Å². The van der Waals surface area contributed by atoms with Gasteiger partial charge >= 0.3 is 0 Å². The summed E-state index contributed by atoms with van der Waals surface area (Å²) in [7, 11) is 4.12. The van der Waals surface area contributed by atoms with Crippen LogP contribution in [-0.2, 0) is 19.0 Å². The minimum atomic E-state index is 0.102. The molecule has 0 fully saturated rings. The maximum atomic E-state index is 5.53. The summed E-state index contributed by atoms with van der Waals surface area (Å²) in [6.45, 7) is 9.36. The highest BCUT2D eigenvalue weighted by atomic mass is 15.3. The summed E-state index contributed by atoms with van der Waals surface area (Å²) in [6.07, 6.45) is 3.17. The van der Waals surface area contributed by atoms with Gasteiger partial charge in [-0.1, -0.05) is 20.8 Å². The van der Waals surface area contributed by atoms with Gasteiger partial charge in [0.15, 0.2) is 0 Å². The molecule has 0 aromatic carbocycles. The lowest BCUT2D eigenvalue weighted by atomic mass is 9.89. The molecule has 0 aliphatic rings. The first-order valence-corrected chi connectivity index (χ1v) is 6.26. The van der Waals surface area contributed by atoms with Gasteiger partial charge < -0.3 is 10.6 Å². The van der Waals surface area contributed by atoms with Crippen molar-refractivity contribution >= 4 is 0 Å². The van der Waals surface area contributed by atoms with Crippen molar-refractivity contribution in [1.82, 2.24) is 14.7 Å². The monoisotopic (exact) mass is 238 g/mol. The molecule has 0 aliphatic heterocycles. The summed E-state index contributed by atoms with van der Waals surface area (Å²) in [5.41, 5.74) is 8.15. The summed E-state index contributed by atoms with van der Waals surface area (Å²) in [4.78, 5) is 2.30. The molecule has 0 atom stereocenters. The van der Waals surface area contributed by atoms with Gasteiger partial charge in [-0.25, -0.2) is 0 Å². The standard InChI is InChI=1S/C13H26N4/c1-13(2,3)12-11(10-17(5)15-12)9-16(4)8-6-7-14/h10H,6-9,14H2,1-5H3. The molecule has 0 amide bonds. The smallest absolute Gasteiger partial charge is 0.0722 e. The fourth-order valence-corrected chi connectivity index (χ4v) is 2.02. The van der Waals surface area contributed by atoms with Crippen molar-refractivity contribution in [3.05, 3.63) is 17.5 Å². The number of hydrogen-bond acceptors (Lipinski definition) is 3. The maximum Gasteiger partial charge on any atom is 0.0722 e. The average Bonchev–Trinajstić information content (AvgIpc) is 2.56. The van der Waals surface area contributed by atoms with E-state index in [4.69, 9.17) is 5.73 Å². The zero-order valence-corrected chi connectivity index (χ0v) is 11.8. The normalized spacial score (nSPS) is 12.4. The SMILES string of the molecule is CN(CCCN)Cc1cn(C)nc1C(C)(C)C. The van der Waals surface area contributed by atoms with Crippen molar-refractivity contribution in [3.63, 3.8) is 0 Å². The lowest BCUT2D eigenvalue weighted by molar-refractivity contribution is 0.321. The van der Waals surface area contributed by atoms with E-state index in [9.17, 15) is 0 Å². The van der Waals surface area contributed by atoms with Gasteiger partial charge in [-0.15, -0.1) is 0 Å². The van der Waals surface area contributed by atoms with Gasteiger partial charge in [-0.2, -0.15) is 5.10 Å². The minimum absolute atomic E-state index is 0.102. The fourth-order valence-electron chi connectivity index (χ4n) is 2.02. The first-order valence-electron chi connectivity index (χ1n) is 6.26. The summed E-state index contributed by atoms with van der Waals surface area (Å²) < 4.78 is 1.91. The van der Waals surface area contributed by atoms with Gasteiger partial charge in [0, 0.05) is 30.8 Å². The summed E-state index contributed by atoms with van der Waals surface area (Å²) in [6, 6.07) is 0. The van der Waals surface area contributed by atoms with Crippen LogP contribution in [0, 0.1) is 0 Å². The number of nitrogens with zero attached hydrogens (tertiary/aromatic N) is 3. The van der Waals surface area contributed by atoms with Gasteiger partial charge in [-0.3, -0.25) is 4.68 Å². The van der Waals surface area contributed by atoms with Crippen LogP contribution in [0.15, 0.2) is 6.20 Å². The molecule has 0 spiro atoms. The summed E-state index contributed by atoms with van der Waals surface area (Å²) >= 11 is 0. The van der Waals surface area contributed by atoms with Crippen molar-refractivity contribution in [3.8, 4) is 0 Å². The second-order valence-corrected chi connectivity index (χ2v) is 5.81. The third-order valence-electron chi connectivity index (χ3n) is 2.80. The van der Waals surface area contributed by atoms with Crippen LogP contribution in [0.1, 0.15) is 38.4 Å². The number of nitrogens with two attached hydrogens (primary N) is 1. The lowest BCUT2D eigenvalue weighted by Gasteiger charge is -2.21. The zero-order chi connectivity index (χ0) is 13.1. The Kier molecular flexibility index (Phi) is 4.71. The average molecular weight is 238 g/mol. The van der Waals surface area contributed by atoms with Crippen LogP contribution in [0.3, 0.4) is 0 Å². The van der Waals surface area contributed by atoms with Crippen molar-refractivity contribution in [2.75, 3.05) is 20.1 Å². The van der Waals surface area contributed by atoms with Crippen molar-refractivity contribution < 1.29 is 0 Å². The van der Waals surface area contributed by atoms with E-state index in [-0.39, 0.29) is 5.41 Å². The molecule has 0 saturated heterocycles. The van der Waals surface area contributed by atoms with Crippen molar-refractivity contribution in [2.24, 2.45) is 12.8 Å². The minimum Gasteiger partial charge on any atom is -0.330 e. The van der Waals surface area contributed by atoms with Crippen LogP contribution in [0.25, 0.3) is 0 Å². The molecule has 0 radical (unpaired) electrons. The van der Waals surface area contributed by atoms with E-state index in [0.717, 1.165) is 26.1 Å². The molecule has 2 N–H and O–H groups in total. The Bertz CT molecular complexity index is 349. The van der Waals surface area contributed by atoms with Gasteiger partial charge in [0.1, 0.15) is 0 Å². The Labute approximate surface area is 105 Å². The lowest BCUT2D eigenvalue weighted by Crippen LogP contribution is -2.23. The second-order valence-electron chi connectivity index (χ2n) is 5.81. The molecule has 1 aromatic heterocycles. The highest BCUT2D eigenvalue weighted by molar-refractivity contribution is 5.23. The predicted octanol–water partition coefficient (Wildman–Crippen LogP) is 1.50. The molecule has 17 heavy (non-hydrogen) atoms. The van der Waals surface area contributed by atoms with Crippen LogP contribution in [0.4, 0.5) is 0 Å². The quantitative estimate of drug-likeness (QED) is 0.845. The molecule has 0 aliphatic carbocycles. The topological polar surface area (TPSA) is 47.1 Å².